The summed E-state index contributed by atoms with van der Waals surface area (Å²) < 4.78 is 5.89. The number of aromatic nitrogens is 2. The maximum Gasteiger partial charge on any atom is 0.239 e. The van der Waals surface area contributed by atoms with Crippen molar-refractivity contribution < 1.29 is 9.66 Å². The van der Waals surface area contributed by atoms with Gasteiger partial charge in [-0.05, 0) is 12.8 Å². The molecule has 0 saturated carbocycles. The lowest BCUT2D eigenvalue weighted by Crippen LogP contribution is -2.40. The van der Waals surface area contributed by atoms with E-state index in [4.69, 9.17) is 4.74 Å². The third kappa shape index (κ3) is 4.27. The number of allylic oxidation sites excluding steroid dienone is 2. The van der Waals surface area contributed by atoms with Crippen molar-refractivity contribution in [2.24, 2.45) is 0 Å². The normalized spacial score (nSPS) is 23.0. The van der Waals surface area contributed by atoms with Crippen molar-refractivity contribution >= 4 is 0 Å². The summed E-state index contributed by atoms with van der Waals surface area (Å²) in [5.74, 6) is 0. The number of hydrogen-bond donors (Lipinski definition) is 1. The van der Waals surface area contributed by atoms with Crippen LogP contribution >= 0.6 is 0 Å². The van der Waals surface area contributed by atoms with Gasteiger partial charge in [-0.2, -0.15) is 0 Å². The van der Waals surface area contributed by atoms with Gasteiger partial charge < -0.3 is 9.72 Å². The van der Waals surface area contributed by atoms with Gasteiger partial charge in [0.1, 0.15) is 0 Å². The highest BCUT2D eigenvalue weighted by Gasteiger charge is 2.28. The monoisotopic (exact) mass is 318 g/mol. The minimum Gasteiger partial charge on any atom is -0.372 e. The predicted octanol–water partition coefficient (Wildman–Crippen LogP) is 1.92. The number of rotatable bonds is 6. The van der Waals surface area contributed by atoms with Gasteiger partial charge in [-0.25, -0.2) is 4.98 Å². The Morgan fingerprint density at radius 2 is 2.26 bits per heavy atom. The lowest BCUT2D eigenvalue weighted by atomic mass is 9.98. The highest BCUT2D eigenvalue weighted by Crippen LogP contribution is 2.21. The molecule has 1 atom stereocenters. The number of imidazole rings is 1. The number of nitrogens with one attached hydrogen (secondary N) is 1. The molecule has 7 heteroatoms. The van der Waals surface area contributed by atoms with Crippen LogP contribution < -0.4 is 0 Å². The Kier molecular flexibility index (Phi) is 5.19. The van der Waals surface area contributed by atoms with Gasteiger partial charge in [-0.15, -0.1) is 0 Å². The first-order valence-electron chi connectivity index (χ1n) is 8.02. The van der Waals surface area contributed by atoms with Crippen LogP contribution in [0.3, 0.4) is 0 Å². The topological polar surface area (TPSA) is 84.3 Å². The van der Waals surface area contributed by atoms with Gasteiger partial charge in [0.25, 0.3) is 0 Å². The van der Waals surface area contributed by atoms with Gasteiger partial charge in [0.2, 0.25) is 6.04 Å². The fourth-order valence-corrected chi connectivity index (χ4v) is 3.10. The minimum absolute atomic E-state index is 0.171. The molecular weight excluding hydrogens is 296 g/mol. The van der Waals surface area contributed by atoms with Gasteiger partial charge in [0.15, 0.2) is 0 Å². The van der Waals surface area contributed by atoms with E-state index in [9.17, 15) is 10.1 Å². The average Bonchev–Trinajstić information content (AvgIpc) is 3.08. The molecule has 0 spiro atoms. The molecule has 1 fully saturated rings. The van der Waals surface area contributed by atoms with E-state index in [0.717, 1.165) is 37.2 Å². The summed E-state index contributed by atoms with van der Waals surface area (Å²) in [5.41, 5.74) is 1.90. The van der Waals surface area contributed by atoms with E-state index in [0.29, 0.717) is 19.6 Å². The first-order chi connectivity index (χ1) is 11.2. The number of likely N-dealkylation sites (tertiary alicyclic amines) is 1. The summed E-state index contributed by atoms with van der Waals surface area (Å²) >= 11 is 0. The molecule has 1 aromatic rings. The summed E-state index contributed by atoms with van der Waals surface area (Å²) in [6.45, 7) is 3.07. The summed E-state index contributed by atoms with van der Waals surface area (Å²) in [6, 6.07) is -0.561. The van der Waals surface area contributed by atoms with E-state index in [1.54, 1.807) is 12.5 Å². The van der Waals surface area contributed by atoms with E-state index in [-0.39, 0.29) is 11.0 Å². The Hall–Kier alpha value is -1.99. The van der Waals surface area contributed by atoms with Gasteiger partial charge in [0, 0.05) is 36.6 Å². The first kappa shape index (κ1) is 15.9. The van der Waals surface area contributed by atoms with Crippen LogP contribution in [0.25, 0.3) is 0 Å². The lowest BCUT2D eigenvalue weighted by molar-refractivity contribution is -0.511. The maximum atomic E-state index is 11.1. The van der Waals surface area contributed by atoms with Crippen LogP contribution in [0.15, 0.2) is 36.3 Å². The molecular formula is C16H22N4O3. The molecule has 2 aliphatic rings. The zero-order chi connectivity index (χ0) is 16.1. The molecule has 0 amide bonds. The molecule has 1 N–H and O–H groups in total. The molecule has 1 aliphatic heterocycles. The number of H-pyrrole nitrogens is 1. The molecule has 124 valence electrons. The highest BCUT2D eigenvalue weighted by molar-refractivity contribution is 5.23. The van der Waals surface area contributed by atoms with Crippen LogP contribution in [0.1, 0.15) is 25.0 Å². The second kappa shape index (κ2) is 7.52. The summed E-state index contributed by atoms with van der Waals surface area (Å²) in [7, 11) is 0. The number of ether oxygens (including phenoxy) is 1. The second-order valence-corrected chi connectivity index (χ2v) is 6.07. The summed E-state index contributed by atoms with van der Waals surface area (Å²) in [6.07, 6.45) is 11.8. The van der Waals surface area contributed by atoms with E-state index in [1.165, 1.54) is 0 Å². The Bertz CT molecular complexity index is 574. The average molecular weight is 318 g/mol. The largest absolute Gasteiger partial charge is 0.372 e. The molecule has 3 rings (SSSR count). The highest BCUT2D eigenvalue weighted by atomic mass is 16.6. The van der Waals surface area contributed by atoms with E-state index < -0.39 is 6.04 Å². The van der Waals surface area contributed by atoms with E-state index in [1.807, 2.05) is 18.2 Å². The number of hydrogen-bond acceptors (Lipinski definition) is 5. The van der Waals surface area contributed by atoms with Crippen molar-refractivity contribution in [2.45, 2.75) is 38.0 Å². The number of nitro groups is 1. The second-order valence-electron chi connectivity index (χ2n) is 6.07. The molecule has 7 nitrogen and oxygen atoms in total. The Labute approximate surface area is 135 Å². The van der Waals surface area contributed by atoms with Crippen LogP contribution in [0.2, 0.25) is 0 Å². The smallest absolute Gasteiger partial charge is 0.239 e. The van der Waals surface area contributed by atoms with Crippen molar-refractivity contribution in [3.05, 3.63) is 52.1 Å². The van der Waals surface area contributed by atoms with Crippen molar-refractivity contribution in [1.29, 1.82) is 0 Å². The SMILES string of the molecule is O=[N+]([O-])C1CC=CC=C1CN1CCC(OCc2cnc[nH]2)CC1. The minimum atomic E-state index is -0.561. The first-order valence-corrected chi connectivity index (χ1v) is 8.02. The van der Waals surface area contributed by atoms with Gasteiger partial charge in [-0.1, -0.05) is 18.2 Å². The standard InChI is InChI=1S/C16H22N4O3/c21-20(22)16-4-2-1-3-13(16)10-19-7-5-15(6-8-19)23-11-14-9-17-12-18-14/h1-3,9,12,15-16H,4-8,10-11H2,(H,17,18). The van der Waals surface area contributed by atoms with Crippen LogP contribution in [-0.2, 0) is 11.3 Å². The molecule has 1 aromatic heterocycles. The Morgan fingerprint density at radius 3 is 2.96 bits per heavy atom. The number of nitrogens with zero attached hydrogens (tertiary/aromatic N) is 3. The van der Waals surface area contributed by atoms with Crippen molar-refractivity contribution in [2.75, 3.05) is 19.6 Å². The van der Waals surface area contributed by atoms with Gasteiger partial charge >= 0.3 is 0 Å². The molecule has 0 aromatic carbocycles. The molecule has 1 aliphatic carbocycles. The molecule has 0 radical (unpaired) electrons. The van der Waals surface area contributed by atoms with E-state index in [2.05, 4.69) is 14.9 Å². The van der Waals surface area contributed by atoms with Crippen molar-refractivity contribution in [3.63, 3.8) is 0 Å². The summed E-state index contributed by atoms with van der Waals surface area (Å²) in [4.78, 5) is 20.3. The number of piperidine rings is 1. The van der Waals surface area contributed by atoms with Gasteiger partial charge in [-0.3, -0.25) is 15.0 Å². The molecule has 23 heavy (non-hydrogen) atoms. The van der Waals surface area contributed by atoms with Crippen molar-refractivity contribution in [1.82, 2.24) is 14.9 Å². The summed E-state index contributed by atoms with van der Waals surface area (Å²) in [5, 5.41) is 11.1. The number of aromatic amines is 1. The van der Waals surface area contributed by atoms with Crippen molar-refractivity contribution in [3.8, 4) is 0 Å². The van der Waals surface area contributed by atoms with Crippen LogP contribution in [-0.4, -0.2) is 51.6 Å². The van der Waals surface area contributed by atoms with Crippen LogP contribution in [0.5, 0.6) is 0 Å². The molecule has 1 saturated heterocycles. The fourth-order valence-electron chi connectivity index (χ4n) is 3.10. The third-order valence-corrected chi connectivity index (χ3v) is 4.46. The van der Waals surface area contributed by atoms with Gasteiger partial charge in [0.05, 0.1) is 30.9 Å². The Balaban J connectivity index is 1.44. The zero-order valence-electron chi connectivity index (χ0n) is 13.1. The molecule has 2 heterocycles. The van der Waals surface area contributed by atoms with Crippen LogP contribution in [0.4, 0.5) is 0 Å². The maximum absolute atomic E-state index is 11.1. The fraction of sp³-hybridized carbons (Fsp3) is 0.562. The quantitative estimate of drug-likeness (QED) is 0.640. The predicted molar refractivity (Wildman–Crippen MR) is 85.5 cm³/mol. The Morgan fingerprint density at radius 1 is 1.43 bits per heavy atom. The molecule has 0 bridgehead atoms. The molecule has 1 unspecified atom stereocenters. The van der Waals surface area contributed by atoms with Crippen LogP contribution in [0, 0.1) is 10.1 Å². The lowest BCUT2D eigenvalue weighted by Gasteiger charge is -2.32. The zero-order valence-corrected chi connectivity index (χ0v) is 13.1. The van der Waals surface area contributed by atoms with E-state index >= 15 is 0 Å². The third-order valence-electron chi connectivity index (χ3n) is 4.46.